The standard InChI is InChI=1S/C21H34O4/c1-20-9-7-15(25-24)11-14(20)3-5-16-17-6-4-13(8-10-22)21(17,2)12-18(23)19(16)20/h11,13,15-19,22-24H,3-10,12H2,1-2H3/t13-,15?,16+,17+,18+,19-,20+,21-/m1/s1. The van der Waals surface area contributed by atoms with Gasteiger partial charge in [-0.15, -0.1) is 0 Å². The topological polar surface area (TPSA) is 69.9 Å². The van der Waals surface area contributed by atoms with Crippen LogP contribution in [0.15, 0.2) is 11.6 Å². The number of allylic oxidation sites excluding steroid dienone is 1. The molecule has 25 heavy (non-hydrogen) atoms. The summed E-state index contributed by atoms with van der Waals surface area (Å²) in [7, 11) is 0. The van der Waals surface area contributed by atoms with Crippen molar-refractivity contribution in [2.75, 3.05) is 6.61 Å². The molecule has 142 valence electrons. The van der Waals surface area contributed by atoms with E-state index in [2.05, 4.69) is 24.8 Å². The molecule has 4 nitrogen and oxygen atoms in total. The second-order valence-corrected chi connectivity index (χ2v) is 9.69. The van der Waals surface area contributed by atoms with Gasteiger partial charge in [-0.25, -0.2) is 4.89 Å². The highest BCUT2D eigenvalue weighted by atomic mass is 17.1. The number of aliphatic hydroxyl groups excluding tert-OH is 2. The fraction of sp³-hybridized carbons (Fsp3) is 0.905. The van der Waals surface area contributed by atoms with E-state index in [4.69, 9.17) is 5.26 Å². The highest BCUT2D eigenvalue weighted by Gasteiger charge is 2.61. The molecule has 0 heterocycles. The van der Waals surface area contributed by atoms with Gasteiger partial charge in [0.15, 0.2) is 0 Å². The first-order chi connectivity index (χ1) is 11.9. The number of hydrogen-bond donors (Lipinski definition) is 3. The van der Waals surface area contributed by atoms with Crippen LogP contribution < -0.4 is 0 Å². The van der Waals surface area contributed by atoms with Crippen molar-refractivity contribution in [3.05, 3.63) is 11.6 Å². The molecule has 1 unspecified atom stereocenters. The van der Waals surface area contributed by atoms with Gasteiger partial charge in [-0.05, 0) is 85.9 Å². The fourth-order valence-corrected chi connectivity index (χ4v) is 7.64. The third-order valence-corrected chi connectivity index (χ3v) is 8.81. The van der Waals surface area contributed by atoms with E-state index < -0.39 is 0 Å². The molecule has 3 saturated carbocycles. The van der Waals surface area contributed by atoms with Crippen molar-refractivity contribution in [3.8, 4) is 0 Å². The van der Waals surface area contributed by atoms with Crippen molar-refractivity contribution in [3.63, 3.8) is 0 Å². The Hall–Kier alpha value is -0.420. The zero-order chi connectivity index (χ0) is 17.8. The Morgan fingerprint density at radius 2 is 2.00 bits per heavy atom. The minimum Gasteiger partial charge on any atom is -0.396 e. The largest absolute Gasteiger partial charge is 0.396 e. The maximum absolute atomic E-state index is 11.3. The van der Waals surface area contributed by atoms with Gasteiger partial charge in [0.2, 0.25) is 0 Å². The maximum atomic E-state index is 11.3. The van der Waals surface area contributed by atoms with E-state index in [1.54, 1.807) is 0 Å². The molecule has 4 rings (SSSR count). The summed E-state index contributed by atoms with van der Waals surface area (Å²) in [4.78, 5) is 4.61. The normalized spacial score (nSPS) is 52.1. The molecule has 3 N–H and O–H groups in total. The molecule has 8 atom stereocenters. The van der Waals surface area contributed by atoms with E-state index in [1.807, 2.05) is 0 Å². The van der Waals surface area contributed by atoms with Gasteiger partial charge < -0.3 is 10.2 Å². The lowest BCUT2D eigenvalue weighted by Crippen LogP contribution is -2.56. The van der Waals surface area contributed by atoms with Crippen LogP contribution in [0.4, 0.5) is 0 Å². The highest BCUT2D eigenvalue weighted by molar-refractivity contribution is 5.26. The minimum absolute atomic E-state index is 0.0494. The molecular weight excluding hydrogens is 316 g/mol. The van der Waals surface area contributed by atoms with Crippen molar-refractivity contribution in [2.24, 2.45) is 34.5 Å². The Morgan fingerprint density at radius 3 is 2.72 bits per heavy atom. The predicted octanol–water partition coefficient (Wildman–Crippen LogP) is 3.78. The summed E-state index contributed by atoms with van der Waals surface area (Å²) in [5, 5.41) is 29.8. The minimum atomic E-state index is -0.258. The van der Waals surface area contributed by atoms with Crippen molar-refractivity contribution in [1.82, 2.24) is 0 Å². The van der Waals surface area contributed by atoms with Crippen LogP contribution in [-0.2, 0) is 4.89 Å². The highest BCUT2D eigenvalue weighted by Crippen LogP contribution is 2.67. The Bertz CT molecular complexity index is 546. The molecule has 4 aliphatic rings. The van der Waals surface area contributed by atoms with Crippen LogP contribution in [0.2, 0.25) is 0 Å². The van der Waals surface area contributed by atoms with Crippen LogP contribution in [0.1, 0.15) is 65.2 Å². The van der Waals surface area contributed by atoms with E-state index in [1.165, 1.54) is 18.4 Å². The van der Waals surface area contributed by atoms with E-state index in [-0.39, 0.29) is 29.6 Å². The van der Waals surface area contributed by atoms with Crippen LogP contribution >= 0.6 is 0 Å². The zero-order valence-electron chi connectivity index (χ0n) is 15.7. The molecule has 0 aromatic rings. The van der Waals surface area contributed by atoms with Gasteiger partial charge in [0.05, 0.1) is 6.10 Å². The van der Waals surface area contributed by atoms with Gasteiger partial charge in [-0.2, -0.15) is 0 Å². The smallest absolute Gasteiger partial charge is 0.111 e. The Balaban J connectivity index is 1.65. The van der Waals surface area contributed by atoms with Gasteiger partial charge in [-0.1, -0.05) is 25.5 Å². The number of aliphatic hydroxyl groups is 2. The molecule has 0 amide bonds. The second kappa shape index (κ2) is 6.33. The molecule has 0 spiro atoms. The second-order valence-electron chi connectivity index (χ2n) is 9.69. The molecule has 0 aliphatic heterocycles. The monoisotopic (exact) mass is 350 g/mol. The molecule has 0 bridgehead atoms. The molecule has 0 radical (unpaired) electrons. The summed E-state index contributed by atoms with van der Waals surface area (Å²) in [6.45, 7) is 4.99. The third-order valence-electron chi connectivity index (χ3n) is 8.81. The maximum Gasteiger partial charge on any atom is 0.111 e. The van der Waals surface area contributed by atoms with Crippen molar-refractivity contribution < 1.29 is 20.4 Å². The van der Waals surface area contributed by atoms with Crippen LogP contribution in [0.3, 0.4) is 0 Å². The van der Waals surface area contributed by atoms with E-state index >= 15 is 0 Å². The van der Waals surface area contributed by atoms with Crippen LogP contribution in [0.5, 0.6) is 0 Å². The number of rotatable bonds is 3. The predicted molar refractivity (Wildman–Crippen MR) is 95.8 cm³/mol. The first kappa shape index (κ1) is 18.0. The summed E-state index contributed by atoms with van der Waals surface area (Å²) in [6.07, 6.45) is 9.97. The SMILES string of the molecule is C[C@]12C[C@H](O)[C@H]3[C@@H](CCC4=CC(OO)CC[C@@]43C)[C@@H]1CC[C@@H]2CCO. The first-order valence-corrected chi connectivity index (χ1v) is 10.2. The van der Waals surface area contributed by atoms with Gasteiger partial charge in [0, 0.05) is 6.61 Å². The number of hydrogen-bond acceptors (Lipinski definition) is 4. The summed E-state index contributed by atoms with van der Waals surface area (Å²) < 4.78 is 0. The summed E-state index contributed by atoms with van der Waals surface area (Å²) in [5.74, 6) is 2.16. The van der Waals surface area contributed by atoms with Crippen molar-refractivity contribution >= 4 is 0 Å². The molecule has 0 aromatic heterocycles. The Kier molecular flexibility index (Phi) is 4.55. The Morgan fingerprint density at radius 1 is 1.20 bits per heavy atom. The lowest BCUT2D eigenvalue weighted by molar-refractivity contribution is -0.270. The lowest BCUT2D eigenvalue weighted by atomic mass is 9.46. The van der Waals surface area contributed by atoms with Gasteiger partial charge in [0.1, 0.15) is 6.10 Å². The average molecular weight is 350 g/mol. The zero-order valence-corrected chi connectivity index (χ0v) is 15.7. The number of fused-ring (bicyclic) bond motifs is 5. The fourth-order valence-electron chi connectivity index (χ4n) is 7.64. The van der Waals surface area contributed by atoms with Crippen molar-refractivity contribution in [2.45, 2.75) is 77.4 Å². The molecule has 0 aromatic carbocycles. The summed E-state index contributed by atoms with van der Waals surface area (Å²) in [5.41, 5.74) is 1.63. The van der Waals surface area contributed by atoms with Crippen LogP contribution in [0, 0.1) is 34.5 Å². The molecule has 4 aliphatic carbocycles. The van der Waals surface area contributed by atoms with E-state index in [0.717, 1.165) is 38.5 Å². The van der Waals surface area contributed by atoms with E-state index in [0.29, 0.717) is 23.7 Å². The lowest BCUT2D eigenvalue weighted by Gasteiger charge is -2.60. The quantitative estimate of drug-likeness (QED) is 0.412. The van der Waals surface area contributed by atoms with E-state index in [9.17, 15) is 10.2 Å². The molecular formula is C21H34O4. The summed E-state index contributed by atoms with van der Waals surface area (Å²) in [6, 6.07) is 0. The van der Waals surface area contributed by atoms with Gasteiger partial charge in [0.25, 0.3) is 0 Å². The van der Waals surface area contributed by atoms with Gasteiger partial charge >= 0.3 is 0 Å². The van der Waals surface area contributed by atoms with Crippen LogP contribution in [-0.4, -0.2) is 34.3 Å². The van der Waals surface area contributed by atoms with Crippen molar-refractivity contribution in [1.29, 1.82) is 0 Å². The molecule has 3 fully saturated rings. The third kappa shape index (κ3) is 2.55. The summed E-state index contributed by atoms with van der Waals surface area (Å²) >= 11 is 0. The Labute approximate surface area is 151 Å². The first-order valence-electron chi connectivity index (χ1n) is 10.2. The van der Waals surface area contributed by atoms with Gasteiger partial charge in [-0.3, -0.25) is 5.26 Å². The molecule has 4 heteroatoms. The van der Waals surface area contributed by atoms with Crippen LogP contribution in [0.25, 0.3) is 0 Å². The molecule has 0 saturated heterocycles. The average Bonchev–Trinajstić information content (AvgIpc) is 2.90.